The van der Waals surface area contributed by atoms with Gasteiger partial charge in [0.25, 0.3) is 0 Å². The van der Waals surface area contributed by atoms with Gasteiger partial charge in [-0.15, -0.1) is 22.0 Å². The molecule has 0 bridgehead atoms. The number of rotatable bonds is 10. The predicted octanol–water partition coefficient (Wildman–Crippen LogP) is 5.58. The van der Waals surface area contributed by atoms with E-state index in [9.17, 15) is 9.90 Å². The number of alkyl carbamates (subject to hydrolysis) is 1. The van der Waals surface area contributed by atoms with Crippen LogP contribution >= 0.6 is 11.8 Å². The van der Waals surface area contributed by atoms with E-state index in [0.29, 0.717) is 37.1 Å². The number of aromatic hydroxyl groups is 1. The van der Waals surface area contributed by atoms with Crippen LogP contribution in [0.2, 0.25) is 0 Å². The summed E-state index contributed by atoms with van der Waals surface area (Å²) in [6.45, 7) is 8.44. The molecule has 0 fully saturated rings. The molecule has 1 amide bonds. The Kier molecular flexibility index (Phi) is 8.81. The van der Waals surface area contributed by atoms with Crippen molar-refractivity contribution in [2.45, 2.75) is 45.0 Å². The Morgan fingerprint density at radius 2 is 1.88 bits per heavy atom. The molecule has 1 aromatic heterocycles. The number of ether oxygens (including phenoxy) is 2. The van der Waals surface area contributed by atoms with E-state index >= 15 is 0 Å². The topological polar surface area (TPSA) is 107 Å². The first kappa shape index (κ1) is 25.4. The van der Waals surface area contributed by atoms with E-state index in [0.717, 1.165) is 16.9 Å². The summed E-state index contributed by atoms with van der Waals surface area (Å²) in [6, 6.07) is 14.6. The first-order valence-corrected chi connectivity index (χ1v) is 12.2. The third-order valence-corrected chi connectivity index (χ3v) is 5.70. The molecule has 1 atom stereocenters. The largest absolute Gasteiger partial charge is 0.508 e. The van der Waals surface area contributed by atoms with Gasteiger partial charge in [0.1, 0.15) is 22.4 Å². The zero-order valence-corrected chi connectivity index (χ0v) is 20.7. The lowest BCUT2D eigenvalue weighted by molar-refractivity contribution is 0.0525. The lowest BCUT2D eigenvalue weighted by Gasteiger charge is -2.19. The van der Waals surface area contributed by atoms with Crippen molar-refractivity contribution in [3.63, 3.8) is 0 Å². The normalized spacial score (nSPS) is 12.2. The molecule has 0 aliphatic carbocycles. The maximum Gasteiger partial charge on any atom is 0.407 e. The van der Waals surface area contributed by atoms with E-state index in [1.807, 2.05) is 64.1 Å². The molecular formula is C25H31N3O5S. The Labute approximate surface area is 204 Å². The highest BCUT2D eigenvalue weighted by Crippen LogP contribution is 2.39. The minimum Gasteiger partial charge on any atom is -0.508 e. The van der Waals surface area contributed by atoms with Crippen LogP contribution in [0.4, 0.5) is 4.79 Å². The number of carbonyl (C=O) groups excluding carboxylic acids is 1. The molecule has 1 heterocycles. The second-order valence-corrected chi connectivity index (χ2v) is 9.88. The van der Waals surface area contributed by atoms with Crippen LogP contribution in [0, 0.1) is 0 Å². The molecule has 0 saturated carbocycles. The molecule has 0 radical (unpaired) electrons. The van der Waals surface area contributed by atoms with Crippen LogP contribution in [0.5, 0.6) is 11.5 Å². The molecule has 3 aromatic rings. The molecule has 182 valence electrons. The van der Waals surface area contributed by atoms with Gasteiger partial charge in [-0.25, -0.2) is 4.79 Å². The van der Waals surface area contributed by atoms with Gasteiger partial charge in [0.15, 0.2) is 0 Å². The van der Waals surface area contributed by atoms with Crippen molar-refractivity contribution in [3.05, 3.63) is 60.0 Å². The number of amides is 1. The number of carbonyl (C=O) groups is 1. The van der Waals surface area contributed by atoms with E-state index in [1.54, 1.807) is 23.9 Å². The lowest BCUT2D eigenvalue weighted by atomic mass is 10.1. The summed E-state index contributed by atoms with van der Waals surface area (Å²) in [6.07, 6.45) is 0.217. The maximum atomic E-state index is 11.6. The number of hydrogen-bond acceptors (Lipinski definition) is 8. The summed E-state index contributed by atoms with van der Waals surface area (Å²) in [5.41, 5.74) is 1.00. The van der Waals surface area contributed by atoms with E-state index in [2.05, 4.69) is 15.5 Å². The molecule has 2 aromatic carbocycles. The summed E-state index contributed by atoms with van der Waals surface area (Å²) in [5.74, 6) is 2.59. The van der Waals surface area contributed by atoms with Gasteiger partial charge in [0.2, 0.25) is 11.8 Å². The van der Waals surface area contributed by atoms with Crippen molar-refractivity contribution in [2.75, 3.05) is 18.9 Å². The Hall–Kier alpha value is -3.20. The van der Waals surface area contributed by atoms with E-state index in [1.165, 1.54) is 0 Å². The van der Waals surface area contributed by atoms with Crippen LogP contribution in [-0.4, -0.2) is 45.9 Å². The predicted molar refractivity (Wildman–Crippen MR) is 132 cm³/mol. The molecule has 0 aliphatic rings. The van der Waals surface area contributed by atoms with Gasteiger partial charge in [0.05, 0.1) is 6.61 Å². The maximum absolute atomic E-state index is 11.6. The quantitative estimate of drug-likeness (QED) is 0.359. The number of hydrogen-bond donors (Lipinski definition) is 2. The van der Waals surface area contributed by atoms with Crippen molar-refractivity contribution in [1.29, 1.82) is 0 Å². The zero-order valence-electron chi connectivity index (χ0n) is 19.9. The van der Waals surface area contributed by atoms with Gasteiger partial charge < -0.3 is 24.3 Å². The summed E-state index contributed by atoms with van der Waals surface area (Å²) in [4.78, 5) is 11.6. The molecule has 3 rings (SSSR count). The SMILES string of the molecule is CCSC(c1nnc(-c2ccc(OCCCNC(=O)OC(C)(C)C)cc2)o1)c1ccccc1O. The van der Waals surface area contributed by atoms with Crippen LogP contribution in [0.1, 0.15) is 50.8 Å². The minimum absolute atomic E-state index is 0.205. The molecule has 2 N–H and O–H groups in total. The third kappa shape index (κ3) is 7.41. The summed E-state index contributed by atoms with van der Waals surface area (Å²) in [7, 11) is 0. The second kappa shape index (κ2) is 11.8. The fraction of sp³-hybridized carbons (Fsp3) is 0.400. The Morgan fingerprint density at radius 1 is 1.15 bits per heavy atom. The highest BCUT2D eigenvalue weighted by molar-refractivity contribution is 7.99. The Balaban J connectivity index is 1.54. The van der Waals surface area contributed by atoms with Crippen molar-refractivity contribution >= 4 is 17.9 Å². The number of phenolic OH excluding ortho intramolecular Hbond substituents is 1. The summed E-state index contributed by atoms with van der Waals surface area (Å²) < 4.78 is 16.9. The van der Waals surface area contributed by atoms with Crippen LogP contribution in [0.3, 0.4) is 0 Å². The molecule has 1 unspecified atom stereocenters. The number of nitrogens with zero attached hydrogens (tertiary/aromatic N) is 2. The van der Waals surface area contributed by atoms with E-state index < -0.39 is 11.7 Å². The van der Waals surface area contributed by atoms with Gasteiger partial charge >= 0.3 is 6.09 Å². The third-order valence-electron chi connectivity index (χ3n) is 4.58. The highest BCUT2D eigenvalue weighted by Gasteiger charge is 2.24. The fourth-order valence-electron chi connectivity index (χ4n) is 3.09. The molecular weight excluding hydrogens is 454 g/mol. The Morgan fingerprint density at radius 3 is 2.56 bits per heavy atom. The van der Waals surface area contributed by atoms with Gasteiger partial charge in [-0.05, 0) is 63.3 Å². The van der Waals surface area contributed by atoms with Gasteiger partial charge in [-0.3, -0.25) is 0 Å². The molecule has 34 heavy (non-hydrogen) atoms. The van der Waals surface area contributed by atoms with Crippen LogP contribution in [-0.2, 0) is 4.74 Å². The average molecular weight is 486 g/mol. The number of phenols is 1. The number of thioether (sulfide) groups is 1. The van der Waals surface area contributed by atoms with Crippen molar-refractivity contribution < 1.29 is 23.8 Å². The number of nitrogens with one attached hydrogen (secondary N) is 1. The van der Waals surface area contributed by atoms with Crippen LogP contribution < -0.4 is 10.1 Å². The standard InChI is InChI=1S/C25H31N3O5S/c1-5-34-21(19-9-6-7-10-20(19)29)23-28-27-22(32-23)17-11-13-18(14-12-17)31-16-8-15-26-24(30)33-25(2,3)4/h6-7,9-14,21,29H,5,8,15-16H2,1-4H3,(H,26,30). The number of aromatic nitrogens is 2. The van der Waals surface area contributed by atoms with Gasteiger partial charge in [-0.2, -0.15) is 0 Å². The monoisotopic (exact) mass is 485 g/mol. The molecule has 0 aliphatic heterocycles. The van der Waals surface area contributed by atoms with Crippen molar-refractivity contribution in [1.82, 2.24) is 15.5 Å². The lowest BCUT2D eigenvalue weighted by Crippen LogP contribution is -2.33. The number of benzene rings is 2. The summed E-state index contributed by atoms with van der Waals surface area (Å²) >= 11 is 1.61. The molecule has 0 saturated heterocycles. The Bertz CT molecular complexity index is 1060. The number of para-hydroxylation sites is 1. The molecule has 8 nitrogen and oxygen atoms in total. The smallest absolute Gasteiger partial charge is 0.407 e. The fourth-order valence-corrected chi connectivity index (χ4v) is 4.04. The molecule has 9 heteroatoms. The van der Waals surface area contributed by atoms with Gasteiger partial charge in [-0.1, -0.05) is 25.1 Å². The summed E-state index contributed by atoms with van der Waals surface area (Å²) in [5, 5.41) is 21.1. The highest BCUT2D eigenvalue weighted by atomic mass is 32.2. The first-order chi connectivity index (χ1) is 16.3. The van der Waals surface area contributed by atoms with E-state index in [-0.39, 0.29) is 11.0 Å². The van der Waals surface area contributed by atoms with Gasteiger partial charge in [0, 0.05) is 17.7 Å². The van der Waals surface area contributed by atoms with Crippen LogP contribution in [0.15, 0.2) is 52.9 Å². The zero-order chi connectivity index (χ0) is 24.6. The molecule has 0 spiro atoms. The first-order valence-electron chi connectivity index (χ1n) is 11.2. The average Bonchev–Trinajstić information content (AvgIpc) is 3.27. The van der Waals surface area contributed by atoms with Crippen molar-refractivity contribution in [3.8, 4) is 23.0 Å². The van der Waals surface area contributed by atoms with Crippen LogP contribution in [0.25, 0.3) is 11.5 Å². The minimum atomic E-state index is -0.513. The second-order valence-electron chi connectivity index (χ2n) is 8.49. The van der Waals surface area contributed by atoms with E-state index in [4.69, 9.17) is 13.9 Å². The van der Waals surface area contributed by atoms with Crippen molar-refractivity contribution in [2.24, 2.45) is 0 Å².